The summed E-state index contributed by atoms with van der Waals surface area (Å²) in [6.45, 7) is 3.95. The summed E-state index contributed by atoms with van der Waals surface area (Å²) in [5.74, 6) is 0.405. The number of hydrogen-bond acceptors (Lipinski definition) is 4. The van der Waals surface area contributed by atoms with Crippen LogP contribution in [0, 0.1) is 5.82 Å². The predicted molar refractivity (Wildman–Crippen MR) is 102 cm³/mol. The van der Waals surface area contributed by atoms with Crippen LogP contribution in [0.5, 0.6) is 0 Å². The summed E-state index contributed by atoms with van der Waals surface area (Å²) in [7, 11) is 1.84. The Morgan fingerprint density at radius 3 is 2.38 bits per heavy atom. The van der Waals surface area contributed by atoms with Gasteiger partial charge in [-0.3, -0.25) is 4.79 Å². The number of benzene rings is 2. The van der Waals surface area contributed by atoms with Crippen LogP contribution in [0.15, 0.2) is 53.7 Å². The van der Waals surface area contributed by atoms with Gasteiger partial charge in [-0.15, -0.1) is 10.2 Å². The van der Waals surface area contributed by atoms with Crippen molar-refractivity contribution < 1.29 is 9.18 Å². The first kappa shape index (κ1) is 18.3. The van der Waals surface area contributed by atoms with E-state index < -0.39 is 0 Å². The Labute approximate surface area is 156 Å². The highest BCUT2D eigenvalue weighted by Gasteiger charge is 2.20. The summed E-state index contributed by atoms with van der Waals surface area (Å²) < 4.78 is 14.9. The number of aryl methyl sites for hydroxylation is 1. The molecule has 0 aliphatic heterocycles. The number of Topliss-reactive ketones (excluding diaryl/α,β-unsaturated/α-hetero) is 1. The molecular weight excluding hydrogens is 349 g/mol. The molecule has 6 heteroatoms. The lowest BCUT2D eigenvalue weighted by Gasteiger charge is -2.10. The SMILES string of the molecule is CCc1ccc(C(=O)C(C)Sc2nnc(-c3ccc(F)cc3)n2C)cc1. The van der Waals surface area contributed by atoms with Gasteiger partial charge in [0.05, 0.1) is 5.25 Å². The molecule has 3 rings (SSSR count). The number of ketones is 1. The van der Waals surface area contributed by atoms with E-state index in [1.54, 1.807) is 12.1 Å². The Bertz CT molecular complexity index is 904. The molecule has 0 fully saturated rings. The maximum atomic E-state index is 13.1. The summed E-state index contributed by atoms with van der Waals surface area (Å²) in [6, 6.07) is 13.8. The first-order valence-electron chi connectivity index (χ1n) is 8.44. The Balaban J connectivity index is 1.75. The summed E-state index contributed by atoms with van der Waals surface area (Å²) in [6.07, 6.45) is 0.948. The van der Waals surface area contributed by atoms with Gasteiger partial charge in [-0.2, -0.15) is 0 Å². The van der Waals surface area contributed by atoms with Gasteiger partial charge in [0.25, 0.3) is 0 Å². The van der Waals surface area contributed by atoms with E-state index in [9.17, 15) is 9.18 Å². The van der Waals surface area contributed by atoms with Gasteiger partial charge < -0.3 is 4.57 Å². The molecule has 1 unspecified atom stereocenters. The standard InChI is InChI=1S/C20H20FN3OS/c1-4-14-5-7-15(8-6-14)18(25)13(2)26-20-23-22-19(24(20)3)16-9-11-17(21)12-10-16/h5-13H,4H2,1-3H3. The van der Waals surface area contributed by atoms with Gasteiger partial charge in [0.2, 0.25) is 0 Å². The lowest BCUT2D eigenvalue weighted by Crippen LogP contribution is -2.14. The molecule has 26 heavy (non-hydrogen) atoms. The first-order valence-corrected chi connectivity index (χ1v) is 9.32. The van der Waals surface area contributed by atoms with Crippen molar-refractivity contribution >= 4 is 17.5 Å². The normalized spacial score (nSPS) is 12.2. The van der Waals surface area contributed by atoms with Crippen molar-refractivity contribution in [1.82, 2.24) is 14.8 Å². The minimum absolute atomic E-state index is 0.0592. The first-order chi connectivity index (χ1) is 12.5. The number of hydrogen-bond donors (Lipinski definition) is 0. The summed E-state index contributed by atoms with van der Waals surface area (Å²) >= 11 is 1.37. The van der Waals surface area contributed by atoms with E-state index in [2.05, 4.69) is 17.1 Å². The van der Waals surface area contributed by atoms with E-state index in [-0.39, 0.29) is 16.9 Å². The molecule has 4 nitrogen and oxygen atoms in total. The summed E-state index contributed by atoms with van der Waals surface area (Å²) in [5.41, 5.74) is 2.68. The van der Waals surface area contributed by atoms with E-state index in [1.807, 2.05) is 42.8 Å². The van der Waals surface area contributed by atoms with Gasteiger partial charge in [-0.05, 0) is 43.2 Å². The van der Waals surface area contributed by atoms with E-state index in [0.29, 0.717) is 16.5 Å². The highest BCUT2D eigenvalue weighted by atomic mass is 32.2. The lowest BCUT2D eigenvalue weighted by molar-refractivity contribution is 0.0994. The third kappa shape index (κ3) is 3.85. The van der Waals surface area contributed by atoms with Gasteiger partial charge in [-0.25, -0.2) is 4.39 Å². The molecule has 1 atom stereocenters. The average Bonchev–Trinajstić information content (AvgIpc) is 3.02. The molecule has 0 amide bonds. The monoisotopic (exact) mass is 369 g/mol. The number of nitrogens with zero attached hydrogens (tertiary/aromatic N) is 3. The Morgan fingerprint density at radius 1 is 1.12 bits per heavy atom. The van der Waals surface area contributed by atoms with Crippen LogP contribution in [0.3, 0.4) is 0 Å². The number of carbonyl (C=O) groups is 1. The van der Waals surface area contributed by atoms with Crippen molar-refractivity contribution in [3.8, 4) is 11.4 Å². The minimum Gasteiger partial charge on any atom is -0.305 e. The molecule has 0 N–H and O–H groups in total. The highest BCUT2D eigenvalue weighted by molar-refractivity contribution is 8.00. The third-order valence-electron chi connectivity index (χ3n) is 4.24. The number of aromatic nitrogens is 3. The maximum Gasteiger partial charge on any atom is 0.191 e. The average molecular weight is 369 g/mol. The van der Waals surface area contributed by atoms with Crippen molar-refractivity contribution in [2.75, 3.05) is 0 Å². The van der Waals surface area contributed by atoms with Crippen molar-refractivity contribution in [2.45, 2.75) is 30.7 Å². The molecule has 1 aromatic heterocycles. The molecule has 0 saturated carbocycles. The summed E-state index contributed by atoms with van der Waals surface area (Å²) in [5, 5.41) is 8.73. The largest absolute Gasteiger partial charge is 0.305 e. The smallest absolute Gasteiger partial charge is 0.191 e. The Morgan fingerprint density at radius 2 is 1.77 bits per heavy atom. The van der Waals surface area contributed by atoms with E-state index in [0.717, 1.165) is 12.0 Å². The second-order valence-corrected chi connectivity index (χ2v) is 7.35. The number of halogens is 1. The zero-order valence-corrected chi connectivity index (χ0v) is 15.8. The molecule has 0 saturated heterocycles. The second-order valence-electron chi connectivity index (χ2n) is 6.05. The van der Waals surface area contributed by atoms with Crippen LogP contribution in [-0.4, -0.2) is 25.8 Å². The lowest BCUT2D eigenvalue weighted by atomic mass is 10.1. The molecule has 0 bridgehead atoms. The Kier molecular flexibility index (Phi) is 5.52. The third-order valence-corrected chi connectivity index (χ3v) is 5.37. The van der Waals surface area contributed by atoms with Crippen molar-refractivity contribution in [2.24, 2.45) is 7.05 Å². The molecule has 0 spiro atoms. The zero-order chi connectivity index (χ0) is 18.7. The van der Waals surface area contributed by atoms with Crippen molar-refractivity contribution in [3.63, 3.8) is 0 Å². The highest BCUT2D eigenvalue weighted by Crippen LogP contribution is 2.27. The van der Waals surface area contributed by atoms with E-state index >= 15 is 0 Å². The second kappa shape index (κ2) is 7.83. The molecule has 0 aliphatic rings. The van der Waals surface area contributed by atoms with Crippen molar-refractivity contribution in [3.05, 3.63) is 65.5 Å². The van der Waals surface area contributed by atoms with Crippen molar-refractivity contribution in [1.29, 1.82) is 0 Å². The minimum atomic E-state index is -0.293. The van der Waals surface area contributed by atoms with Gasteiger partial charge in [-0.1, -0.05) is 43.0 Å². The topological polar surface area (TPSA) is 47.8 Å². The van der Waals surface area contributed by atoms with Gasteiger partial charge in [0.15, 0.2) is 16.8 Å². The van der Waals surface area contributed by atoms with Crippen LogP contribution < -0.4 is 0 Å². The van der Waals surface area contributed by atoms with Gasteiger partial charge in [0.1, 0.15) is 5.82 Å². The number of rotatable bonds is 6. The fourth-order valence-corrected chi connectivity index (χ4v) is 3.51. The number of carbonyl (C=O) groups excluding carboxylic acids is 1. The van der Waals surface area contributed by atoms with Crippen LogP contribution in [0.2, 0.25) is 0 Å². The molecule has 0 aliphatic carbocycles. The molecule has 2 aromatic carbocycles. The molecule has 3 aromatic rings. The fourth-order valence-electron chi connectivity index (χ4n) is 2.62. The van der Waals surface area contributed by atoms with E-state index in [4.69, 9.17) is 0 Å². The quantitative estimate of drug-likeness (QED) is 0.472. The van der Waals surface area contributed by atoms with Crippen LogP contribution in [-0.2, 0) is 13.5 Å². The summed E-state index contributed by atoms with van der Waals surface area (Å²) in [4.78, 5) is 12.7. The van der Waals surface area contributed by atoms with Crippen LogP contribution >= 0.6 is 11.8 Å². The fraction of sp³-hybridized carbons (Fsp3) is 0.250. The van der Waals surface area contributed by atoms with Gasteiger partial charge >= 0.3 is 0 Å². The zero-order valence-electron chi connectivity index (χ0n) is 14.9. The predicted octanol–water partition coefficient (Wildman–Crippen LogP) is 4.55. The molecule has 134 valence electrons. The molecule has 1 heterocycles. The van der Waals surface area contributed by atoms with Crippen LogP contribution in [0.4, 0.5) is 4.39 Å². The molecular formula is C20H20FN3OS. The van der Waals surface area contributed by atoms with Crippen LogP contribution in [0.25, 0.3) is 11.4 Å². The maximum absolute atomic E-state index is 13.1. The molecule has 0 radical (unpaired) electrons. The van der Waals surface area contributed by atoms with E-state index in [1.165, 1.54) is 29.5 Å². The van der Waals surface area contributed by atoms with Crippen LogP contribution in [0.1, 0.15) is 29.8 Å². The Hall–Kier alpha value is -2.47. The number of thioether (sulfide) groups is 1. The van der Waals surface area contributed by atoms with Gasteiger partial charge in [0, 0.05) is 18.2 Å².